The molecule has 0 saturated carbocycles. The van der Waals surface area contributed by atoms with Crippen LogP contribution in [-0.4, -0.2) is 0 Å². The molecule has 0 atom stereocenters. The fourth-order valence-corrected chi connectivity index (χ4v) is 1.84. The van der Waals surface area contributed by atoms with Crippen molar-refractivity contribution in [2.45, 2.75) is 6.54 Å². The molecule has 0 aliphatic heterocycles. The van der Waals surface area contributed by atoms with Crippen LogP contribution in [0.2, 0.25) is 0 Å². The van der Waals surface area contributed by atoms with Gasteiger partial charge in [0.1, 0.15) is 0 Å². The first kappa shape index (κ1) is 11.6. The number of rotatable bonds is 3. The van der Waals surface area contributed by atoms with Crippen LogP contribution in [-0.2, 0) is 6.54 Å². The van der Waals surface area contributed by atoms with Gasteiger partial charge in [-0.1, -0.05) is 60.7 Å². The summed E-state index contributed by atoms with van der Waals surface area (Å²) in [6, 6.07) is 18.6. The standard InChI is InChI=1S/C16H16N/c1-2-16(14-6-4-3-5-7-14)15-10-8-13(12-17)9-11-15/h2-11H,1,12,17H2. The molecule has 1 nitrogen and oxygen atoms in total. The van der Waals surface area contributed by atoms with Crippen molar-refractivity contribution in [3.05, 3.63) is 84.3 Å². The second-order valence-electron chi connectivity index (χ2n) is 3.88. The summed E-state index contributed by atoms with van der Waals surface area (Å²) in [6.45, 7) is 4.47. The Morgan fingerprint density at radius 1 is 0.941 bits per heavy atom. The lowest BCUT2D eigenvalue weighted by molar-refractivity contribution is 1.07. The van der Waals surface area contributed by atoms with Crippen molar-refractivity contribution < 1.29 is 0 Å². The Hall–Kier alpha value is -1.86. The van der Waals surface area contributed by atoms with Gasteiger partial charge < -0.3 is 5.73 Å². The number of allylic oxidation sites excluding steroid dienone is 1. The molecule has 2 aromatic carbocycles. The topological polar surface area (TPSA) is 26.0 Å². The maximum Gasteiger partial charge on any atom is 0.0178 e. The molecule has 0 aliphatic rings. The molecule has 0 bridgehead atoms. The van der Waals surface area contributed by atoms with E-state index in [4.69, 9.17) is 5.73 Å². The van der Waals surface area contributed by atoms with Crippen LogP contribution >= 0.6 is 0 Å². The molecular weight excluding hydrogens is 206 g/mol. The number of benzene rings is 2. The van der Waals surface area contributed by atoms with Crippen LogP contribution in [0.3, 0.4) is 0 Å². The van der Waals surface area contributed by atoms with Crippen molar-refractivity contribution in [2.24, 2.45) is 5.73 Å². The minimum Gasteiger partial charge on any atom is -0.326 e. The van der Waals surface area contributed by atoms with E-state index in [-0.39, 0.29) is 0 Å². The maximum atomic E-state index is 5.59. The molecule has 1 radical (unpaired) electrons. The summed E-state index contributed by atoms with van der Waals surface area (Å²) in [5, 5.41) is 0. The van der Waals surface area contributed by atoms with E-state index < -0.39 is 0 Å². The molecule has 2 N–H and O–H groups in total. The fourth-order valence-electron chi connectivity index (χ4n) is 1.84. The summed E-state index contributed by atoms with van der Waals surface area (Å²) < 4.78 is 0. The highest BCUT2D eigenvalue weighted by Crippen LogP contribution is 2.23. The molecule has 0 aliphatic carbocycles. The first-order chi connectivity index (χ1) is 8.35. The van der Waals surface area contributed by atoms with E-state index in [1.54, 1.807) is 0 Å². The fraction of sp³-hybridized carbons (Fsp3) is 0.0625. The van der Waals surface area contributed by atoms with Crippen LogP contribution < -0.4 is 5.73 Å². The average Bonchev–Trinajstić information content (AvgIpc) is 2.42. The van der Waals surface area contributed by atoms with E-state index in [0.717, 1.165) is 11.1 Å². The molecule has 0 spiro atoms. The molecule has 0 unspecified atom stereocenters. The molecular formula is C16H16N. The Kier molecular flexibility index (Phi) is 3.73. The van der Waals surface area contributed by atoms with E-state index in [1.165, 1.54) is 11.1 Å². The Labute approximate surface area is 103 Å². The van der Waals surface area contributed by atoms with Gasteiger partial charge in [-0.05, 0) is 29.2 Å². The monoisotopic (exact) mass is 222 g/mol. The lowest BCUT2D eigenvalue weighted by atomic mass is 9.97. The normalized spacial score (nSPS) is 11.5. The third-order valence-electron chi connectivity index (χ3n) is 2.79. The summed E-state index contributed by atoms with van der Waals surface area (Å²) in [6.07, 6.45) is 1.90. The van der Waals surface area contributed by atoms with Gasteiger partial charge in [-0.25, -0.2) is 0 Å². The molecule has 1 heteroatoms. The zero-order valence-electron chi connectivity index (χ0n) is 9.77. The van der Waals surface area contributed by atoms with Crippen LogP contribution in [0.5, 0.6) is 0 Å². The van der Waals surface area contributed by atoms with E-state index in [9.17, 15) is 0 Å². The third kappa shape index (κ3) is 2.63. The summed E-state index contributed by atoms with van der Waals surface area (Å²) in [5.41, 5.74) is 10.2. The quantitative estimate of drug-likeness (QED) is 0.846. The van der Waals surface area contributed by atoms with Crippen molar-refractivity contribution in [3.8, 4) is 0 Å². The van der Waals surface area contributed by atoms with E-state index in [2.05, 4.69) is 43.3 Å². The lowest BCUT2D eigenvalue weighted by Crippen LogP contribution is -1.96. The van der Waals surface area contributed by atoms with E-state index >= 15 is 0 Å². The van der Waals surface area contributed by atoms with Gasteiger partial charge in [0.25, 0.3) is 0 Å². The zero-order chi connectivity index (χ0) is 12.1. The van der Waals surface area contributed by atoms with Gasteiger partial charge in [0.2, 0.25) is 0 Å². The molecule has 0 amide bonds. The SMILES string of the molecule is [CH2]C=C(c1ccccc1)c1ccc(CN)cc1. The second kappa shape index (κ2) is 5.46. The summed E-state index contributed by atoms with van der Waals surface area (Å²) in [7, 11) is 0. The maximum absolute atomic E-state index is 5.59. The van der Waals surface area contributed by atoms with Crippen LogP contribution in [0, 0.1) is 6.92 Å². The van der Waals surface area contributed by atoms with Gasteiger partial charge in [-0.15, -0.1) is 0 Å². The summed E-state index contributed by atoms with van der Waals surface area (Å²) in [4.78, 5) is 0. The third-order valence-corrected chi connectivity index (χ3v) is 2.79. The Morgan fingerprint density at radius 2 is 1.53 bits per heavy atom. The van der Waals surface area contributed by atoms with Crippen molar-refractivity contribution in [2.75, 3.05) is 0 Å². The molecule has 0 aromatic heterocycles. The van der Waals surface area contributed by atoms with Gasteiger partial charge in [0, 0.05) is 6.54 Å². The van der Waals surface area contributed by atoms with Crippen molar-refractivity contribution >= 4 is 5.57 Å². The zero-order valence-corrected chi connectivity index (χ0v) is 9.77. The van der Waals surface area contributed by atoms with Gasteiger partial charge in [0.15, 0.2) is 0 Å². The molecule has 85 valence electrons. The van der Waals surface area contributed by atoms with Gasteiger partial charge in [0.05, 0.1) is 0 Å². The van der Waals surface area contributed by atoms with Crippen LogP contribution in [0.1, 0.15) is 16.7 Å². The second-order valence-corrected chi connectivity index (χ2v) is 3.88. The van der Waals surface area contributed by atoms with Crippen LogP contribution in [0.25, 0.3) is 5.57 Å². The molecule has 0 saturated heterocycles. The number of hydrogen-bond acceptors (Lipinski definition) is 1. The first-order valence-corrected chi connectivity index (χ1v) is 5.69. The number of hydrogen-bond donors (Lipinski definition) is 1. The highest BCUT2D eigenvalue weighted by molar-refractivity contribution is 5.80. The first-order valence-electron chi connectivity index (χ1n) is 5.69. The summed E-state index contributed by atoms with van der Waals surface area (Å²) in [5.74, 6) is 0. The Bertz CT molecular complexity index is 495. The van der Waals surface area contributed by atoms with Crippen molar-refractivity contribution in [3.63, 3.8) is 0 Å². The largest absolute Gasteiger partial charge is 0.326 e. The van der Waals surface area contributed by atoms with Gasteiger partial charge >= 0.3 is 0 Å². The van der Waals surface area contributed by atoms with Crippen molar-refractivity contribution in [1.82, 2.24) is 0 Å². The average molecular weight is 222 g/mol. The minimum atomic E-state index is 0.578. The number of nitrogens with two attached hydrogens (primary N) is 1. The lowest BCUT2D eigenvalue weighted by Gasteiger charge is -2.08. The predicted octanol–water partition coefficient (Wildman–Crippen LogP) is 3.41. The highest BCUT2D eigenvalue weighted by Gasteiger charge is 2.02. The molecule has 0 fully saturated rings. The molecule has 2 aromatic rings. The highest BCUT2D eigenvalue weighted by atomic mass is 14.5. The predicted molar refractivity (Wildman–Crippen MR) is 73.2 cm³/mol. The van der Waals surface area contributed by atoms with Crippen LogP contribution in [0.15, 0.2) is 60.7 Å². The van der Waals surface area contributed by atoms with Crippen molar-refractivity contribution in [1.29, 1.82) is 0 Å². The molecule has 17 heavy (non-hydrogen) atoms. The smallest absolute Gasteiger partial charge is 0.0178 e. The van der Waals surface area contributed by atoms with Gasteiger partial charge in [-0.3, -0.25) is 0 Å². The molecule has 0 heterocycles. The minimum absolute atomic E-state index is 0.578. The van der Waals surface area contributed by atoms with E-state index in [1.807, 2.05) is 24.3 Å². The van der Waals surface area contributed by atoms with Gasteiger partial charge in [-0.2, -0.15) is 0 Å². The van der Waals surface area contributed by atoms with E-state index in [0.29, 0.717) is 6.54 Å². The molecule has 2 rings (SSSR count). The Morgan fingerprint density at radius 3 is 2.06 bits per heavy atom. The Balaban J connectivity index is 2.37. The van der Waals surface area contributed by atoms with Crippen LogP contribution in [0.4, 0.5) is 0 Å². The summed E-state index contributed by atoms with van der Waals surface area (Å²) >= 11 is 0.